The SMILES string of the molecule is CC#CCCNC(=O)c1ccc(C)cc1O. The summed E-state index contributed by atoms with van der Waals surface area (Å²) in [5.41, 5.74) is 1.22. The Kier molecular flexibility index (Phi) is 4.41. The Balaban J connectivity index is 2.61. The first-order valence-electron chi connectivity index (χ1n) is 5.12. The molecule has 0 fully saturated rings. The summed E-state index contributed by atoms with van der Waals surface area (Å²) in [6.07, 6.45) is 0.620. The van der Waals surface area contributed by atoms with E-state index in [0.717, 1.165) is 5.56 Å². The van der Waals surface area contributed by atoms with Crippen molar-refractivity contribution in [3.8, 4) is 17.6 Å². The van der Waals surface area contributed by atoms with E-state index in [9.17, 15) is 9.90 Å². The molecule has 3 nitrogen and oxygen atoms in total. The highest BCUT2D eigenvalue weighted by molar-refractivity contribution is 5.96. The molecule has 3 heteroatoms. The maximum absolute atomic E-state index is 11.6. The van der Waals surface area contributed by atoms with Crippen LogP contribution in [0.25, 0.3) is 0 Å². The van der Waals surface area contributed by atoms with Gasteiger partial charge >= 0.3 is 0 Å². The molecule has 0 aliphatic heterocycles. The van der Waals surface area contributed by atoms with Gasteiger partial charge in [-0.1, -0.05) is 6.07 Å². The fourth-order valence-electron chi connectivity index (χ4n) is 1.29. The largest absolute Gasteiger partial charge is 0.507 e. The fraction of sp³-hybridized carbons (Fsp3) is 0.308. The Labute approximate surface area is 95.5 Å². The van der Waals surface area contributed by atoms with Crippen LogP contribution in [0.2, 0.25) is 0 Å². The van der Waals surface area contributed by atoms with Gasteiger partial charge in [0.2, 0.25) is 0 Å². The molecule has 1 rings (SSSR count). The van der Waals surface area contributed by atoms with Gasteiger partial charge in [0, 0.05) is 13.0 Å². The normalized spacial score (nSPS) is 9.12. The van der Waals surface area contributed by atoms with Crippen molar-refractivity contribution in [3.05, 3.63) is 29.3 Å². The van der Waals surface area contributed by atoms with E-state index in [-0.39, 0.29) is 11.7 Å². The van der Waals surface area contributed by atoms with E-state index in [0.29, 0.717) is 18.5 Å². The fourth-order valence-corrected chi connectivity index (χ4v) is 1.29. The third-order valence-electron chi connectivity index (χ3n) is 2.11. The molecule has 0 aliphatic carbocycles. The first-order valence-corrected chi connectivity index (χ1v) is 5.12. The molecule has 0 aliphatic rings. The van der Waals surface area contributed by atoms with Crippen molar-refractivity contribution in [2.45, 2.75) is 20.3 Å². The number of rotatable bonds is 3. The highest BCUT2D eigenvalue weighted by Crippen LogP contribution is 2.17. The first-order chi connectivity index (χ1) is 7.65. The summed E-state index contributed by atoms with van der Waals surface area (Å²) in [4.78, 5) is 11.6. The summed E-state index contributed by atoms with van der Waals surface area (Å²) in [6, 6.07) is 4.98. The number of hydrogen-bond donors (Lipinski definition) is 2. The second kappa shape index (κ2) is 5.82. The lowest BCUT2D eigenvalue weighted by Crippen LogP contribution is -2.24. The molecule has 0 spiro atoms. The van der Waals surface area contributed by atoms with Gasteiger partial charge in [0.15, 0.2) is 0 Å². The van der Waals surface area contributed by atoms with Crippen LogP contribution in [0.15, 0.2) is 18.2 Å². The van der Waals surface area contributed by atoms with Crippen LogP contribution < -0.4 is 5.32 Å². The smallest absolute Gasteiger partial charge is 0.255 e. The van der Waals surface area contributed by atoms with Crippen molar-refractivity contribution >= 4 is 5.91 Å². The molecule has 0 unspecified atom stereocenters. The highest BCUT2D eigenvalue weighted by Gasteiger charge is 2.09. The summed E-state index contributed by atoms with van der Waals surface area (Å²) >= 11 is 0. The van der Waals surface area contributed by atoms with Gasteiger partial charge in [-0.05, 0) is 31.5 Å². The van der Waals surface area contributed by atoms with Crippen molar-refractivity contribution < 1.29 is 9.90 Å². The zero-order valence-corrected chi connectivity index (χ0v) is 9.50. The third-order valence-corrected chi connectivity index (χ3v) is 2.11. The summed E-state index contributed by atoms with van der Waals surface area (Å²) in [7, 11) is 0. The Morgan fingerprint density at radius 3 is 2.88 bits per heavy atom. The Morgan fingerprint density at radius 2 is 2.25 bits per heavy atom. The van der Waals surface area contributed by atoms with E-state index in [1.807, 2.05) is 6.92 Å². The second-order valence-electron chi connectivity index (χ2n) is 3.45. The molecule has 2 N–H and O–H groups in total. The van der Waals surface area contributed by atoms with Crippen LogP contribution in [0.3, 0.4) is 0 Å². The van der Waals surface area contributed by atoms with Gasteiger partial charge in [-0.3, -0.25) is 4.79 Å². The Hall–Kier alpha value is -1.95. The number of phenols is 1. The molecule has 16 heavy (non-hydrogen) atoms. The molecular weight excluding hydrogens is 202 g/mol. The number of nitrogens with one attached hydrogen (secondary N) is 1. The van der Waals surface area contributed by atoms with Gasteiger partial charge in [-0.25, -0.2) is 0 Å². The maximum atomic E-state index is 11.6. The number of carbonyl (C=O) groups excluding carboxylic acids is 1. The molecule has 1 aromatic carbocycles. The minimum Gasteiger partial charge on any atom is -0.507 e. The van der Waals surface area contributed by atoms with Gasteiger partial charge in [0.1, 0.15) is 5.75 Å². The average Bonchev–Trinajstić information content (AvgIpc) is 2.24. The molecule has 0 aromatic heterocycles. The van der Waals surface area contributed by atoms with Crippen molar-refractivity contribution in [1.29, 1.82) is 0 Å². The molecule has 0 atom stereocenters. The maximum Gasteiger partial charge on any atom is 0.255 e. The molecule has 0 saturated heterocycles. The third kappa shape index (κ3) is 3.32. The lowest BCUT2D eigenvalue weighted by Gasteiger charge is -2.05. The Bertz CT molecular complexity index is 441. The zero-order chi connectivity index (χ0) is 12.0. The van der Waals surface area contributed by atoms with Crippen LogP contribution in [0.5, 0.6) is 5.75 Å². The lowest BCUT2D eigenvalue weighted by molar-refractivity contribution is 0.0952. The highest BCUT2D eigenvalue weighted by atomic mass is 16.3. The van der Waals surface area contributed by atoms with Gasteiger partial charge in [-0.15, -0.1) is 11.8 Å². The van der Waals surface area contributed by atoms with E-state index in [1.54, 1.807) is 25.1 Å². The lowest BCUT2D eigenvalue weighted by atomic mass is 10.1. The van der Waals surface area contributed by atoms with Crippen LogP contribution in [0, 0.1) is 18.8 Å². The monoisotopic (exact) mass is 217 g/mol. The molecular formula is C13H15NO2. The summed E-state index contributed by atoms with van der Waals surface area (Å²) in [6.45, 7) is 4.11. The van der Waals surface area contributed by atoms with Crippen molar-refractivity contribution in [2.75, 3.05) is 6.54 Å². The van der Waals surface area contributed by atoms with Crippen LogP contribution in [0.4, 0.5) is 0 Å². The number of benzene rings is 1. The van der Waals surface area contributed by atoms with Crippen molar-refractivity contribution in [3.63, 3.8) is 0 Å². The van der Waals surface area contributed by atoms with Crippen LogP contribution in [0.1, 0.15) is 29.3 Å². The molecule has 0 heterocycles. The second-order valence-corrected chi connectivity index (χ2v) is 3.45. The molecule has 0 radical (unpaired) electrons. The quantitative estimate of drug-likeness (QED) is 0.599. The zero-order valence-electron chi connectivity index (χ0n) is 9.50. The predicted octanol–water partition coefficient (Wildman–Crippen LogP) is 1.84. The number of amides is 1. The standard InChI is InChI=1S/C13H15NO2/c1-3-4-5-8-14-13(16)11-7-6-10(2)9-12(11)15/h6-7,9,15H,5,8H2,1-2H3,(H,14,16). The number of phenolic OH excluding ortho intramolecular Hbond substituents is 1. The minimum absolute atomic E-state index is 0.0130. The van der Waals surface area contributed by atoms with E-state index in [1.165, 1.54) is 0 Å². The van der Waals surface area contributed by atoms with Gasteiger partial charge in [0.05, 0.1) is 5.56 Å². The summed E-state index contributed by atoms with van der Waals surface area (Å²) in [5.74, 6) is 5.35. The van der Waals surface area contributed by atoms with Gasteiger partial charge < -0.3 is 10.4 Å². The van der Waals surface area contributed by atoms with Crippen LogP contribution in [-0.2, 0) is 0 Å². The summed E-state index contributed by atoms with van der Waals surface area (Å²) in [5, 5.41) is 12.3. The van der Waals surface area contributed by atoms with Crippen molar-refractivity contribution in [1.82, 2.24) is 5.32 Å². The van der Waals surface area contributed by atoms with Crippen LogP contribution >= 0.6 is 0 Å². The number of carbonyl (C=O) groups is 1. The molecule has 1 aromatic rings. The molecule has 0 bridgehead atoms. The van der Waals surface area contributed by atoms with Gasteiger partial charge in [0.25, 0.3) is 5.91 Å². The molecule has 0 saturated carbocycles. The predicted molar refractivity (Wildman–Crippen MR) is 63.2 cm³/mol. The van der Waals surface area contributed by atoms with E-state index in [4.69, 9.17) is 0 Å². The van der Waals surface area contributed by atoms with Crippen LogP contribution in [-0.4, -0.2) is 17.6 Å². The number of aryl methyl sites for hydroxylation is 1. The Morgan fingerprint density at radius 1 is 1.50 bits per heavy atom. The summed E-state index contributed by atoms with van der Waals surface area (Å²) < 4.78 is 0. The van der Waals surface area contributed by atoms with Crippen molar-refractivity contribution in [2.24, 2.45) is 0 Å². The minimum atomic E-state index is -0.268. The number of aromatic hydroxyl groups is 1. The number of hydrogen-bond acceptors (Lipinski definition) is 2. The topological polar surface area (TPSA) is 49.3 Å². The average molecular weight is 217 g/mol. The van der Waals surface area contributed by atoms with E-state index in [2.05, 4.69) is 17.2 Å². The first kappa shape index (κ1) is 12.1. The molecule has 84 valence electrons. The van der Waals surface area contributed by atoms with E-state index < -0.39 is 0 Å². The van der Waals surface area contributed by atoms with E-state index >= 15 is 0 Å². The molecule has 1 amide bonds. The van der Waals surface area contributed by atoms with Gasteiger partial charge in [-0.2, -0.15) is 0 Å².